The molecule has 110 valence electrons. The van der Waals surface area contributed by atoms with Crippen molar-refractivity contribution in [2.45, 2.75) is 25.3 Å². The molecule has 1 aromatic heterocycles. The van der Waals surface area contributed by atoms with Crippen LogP contribution in [0.4, 0.5) is 0 Å². The maximum absolute atomic E-state index is 6.22. The summed E-state index contributed by atoms with van der Waals surface area (Å²) in [6.07, 6.45) is 4.30. The van der Waals surface area contributed by atoms with E-state index in [9.17, 15) is 0 Å². The van der Waals surface area contributed by atoms with Crippen LogP contribution < -0.4 is 11.3 Å². The van der Waals surface area contributed by atoms with Crippen LogP contribution in [0.3, 0.4) is 0 Å². The van der Waals surface area contributed by atoms with Gasteiger partial charge in [0.05, 0.1) is 11.1 Å². The van der Waals surface area contributed by atoms with Crippen molar-refractivity contribution in [3.8, 4) is 0 Å². The van der Waals surface area contributed by atoms with Gasteiger partial charge in [0.2, 0.25) is 0 Å². The van der Waals surface area contributed by atoms with Crippen LogP contribution in [0.2, 0.25) is 5.02 Å². The van der Waals surface area contributed by atoms with Crippen molar-refractivity contribution in [2.24, 2.45) is 35.4 Å². The summed E-state index contributed by atoms with van der Waals surface area (Å²) >= 11 is 6.22. The molecule has 1 heterocycles. The number of halogens is 1. The van der Waals surface area contributed by atoms with Crippen molar-refractivity contribution in [3.63, 3.8) is 0 Å². The first-order valence-corrected chi connectivity index (χ1v) is 8.30. The predicted octanol–water partition coefficient (Wildman–Crippen LogP) is 3.88. The van der Waals surface area contributed by atoms with Gasteiger partial charge in [-0.15, -0.1) is 0 Å². The minimum absolute atomic E-state index is 0.131. The molecule has 3 N–H and O–H groups in total. The summed E-state index contributed by atoms with van der Waals surface area (Å²) in [5, 5.41) is 1.73. The molecule has 3 aliphatic carbocycles. The third kappa shape index (κ3) is 1.63. The van der Waals surface area contributed by atoms with Crippen LogP contribution in [0.1, 0.15) is 31.1 Å². The summed E-state index contributed by atoms with van der Waals surface area (Å²) < 4.78 is 6.03. The molecule has 2 aromatic rings. The van der Waals surface area contributed by atoms with Gasteiger partial charge in [-0.25, -0.2) is 5.43 Å². The largest absolute Gasteiger partial charge is 0.458 e. The first kappa shape index (κ1) is 12.5. The molecule has 0 amide bonds. The first-order valence-electron chi connectivity index (χ1n) is 7.92. The predicted molar refractivity (Wildman–Crippen MR) is 82.6 cm³/mol. The summed E-state index contributed by atoms with van der Waals surface area (Å²) in [4.78, 5) is 0. The van der Waals surface area contributed by atoms with Crippen molar-refractivity contribution < 1.29 is 4.42 Å². The van der Waals surface area contributed by atoms with Gasteiger partial charge in [0.1, 0.15) is 5.76 Å². The molecule has 0 saturated heterocycles. The average molecular weight is 303 g/mol. The fourth-order valence-electron chi connectivity index (χ4n) is 5.42. The number of hydrogen-bond donors (Lipinski definition) is 2. The molecule has 0 spiro atoms. The number of nitrogens with two attached hydrogens (primary N) is 1. The first-order chi connectivity index (χ1) is 10.3. The maximum atomic E-state index is 6.22. The molecule has 3 nitrogen and oxygen atoms in total. The Bertz CT molecular complexity index is 696. The van der Waals surface area contributed by atoms with Crippen LogP contribution in [-0.4, -0.2) is 0 Å². The molecule has 5 unspecified atom stereocenters. The fourth-order valence-corrected chi connectivity index (χ4v) is 5.64. The van der Waals surface area contributed by atoms with Crippen molar-refractivity contribution in [2.75, 3.05) is 0 Å². The second-order valence-electron chi connectivity index (χ2n) is 7.02. The lowest BCUT2D eigenvalue weighted by molar-refractivity contribution is 0.334. The number of rotatable bonds is 3. The zero-order valence-electron chi connectivity index (χ0n) is 11.8. The fraction of sp³-hybridized carbons (Fsp3) is 0.529. The molecule has 3 aliphatic rings. The Hall–Kier alpha value is -1.03. The van der Waals surface area contributed by atoms with Crippen LogP contribution >= 0.6 is 11.6 Å². The number of para-hydroxylation sites is 1. The van der Waals surface area contributed by atoms with Gasteiger partial charge >= 0.3 is 0 Å². The molecule has 3 fully saturated rings. The Morgan fingerprint density at radius 1 is 1.24 bits per heavy atom. The lowest BCUT2D eigenvalue weighted by Gasteiger charge is -2.17. The monoisotopic (exact) mass is 302 g/mol. The van der Waals surface area contributed by atoms with Gasteiger partial charge in [-0.05, 0) is 61.0 Å². The van der Waals surface area contributed by atoms with E-state index < -0.39 is 0 Å². The average Bonchev–Trinajstić information content (AvgIpc) is 2.86. The molecule has 1 aromatic carbocycles. The number of hydrazine groups is 1. The van der Waals surface area contributed by atoms with Gasteiger partial charge < -0.3 is 4.42 Å². The molecule has 0 aliphatic heterocycles. The van der Waals surface area contributed by atoms with Crippen LogP contribution in [0.25, 0.3) is 11.0 Å². The zero-order chi connectivity index (χ0) is 14.1. The normalized spacial score (nSPS) is 37.9. The van der Waals surface area contributed by atoms with Gasteiger partial charge in [0.15, 0.2) is 5.58 Å². The standard InChI is InChI=1S/C17H19ClN2O/c18-11-3-1-2-10-7-12(21-17(10)11)16(20-19)15-13-8-4-5-9(6-8)14(13)15/h1-3,7-9,13-16,20H,4-6,19H2. The molecule has 0 radical (unpaired) electrons. The van der Waals surface area contributed by atoms with Gasteiger partial charge in [-0.1, -0.05) is 23.7 Å². The second-order valence-corrected chi connectivity index (χ2v) is 7.42. The van der Waals surface area contributed by atoms with E-state index in [2.05, 4.69) is 11.5 Å². The molecule has 3 saturated carbocycles. The van der Waals surface area contributed by atoms with E-state index in [1.54, 1.807) is 0 Å². The maximum Gasteiger partial charge on any atom is 0.152 e. The molecule has 21 heavy (non-hydrogen) atoms. The number of fused-ring (bicyclic) bond motifs is 6. The Morgan fingerprint density at radius 3 is 2.67 bits per heavy atom. The molecule has 2 bridgehead atoms. The minimum atomic E-state index is 0.131. The number of furan rings is 1. The zero-order valence-corrected chi connectivity index (χ0v) is 12.5. The Labute approximate surface area is 128 Å². The lowest BCUT2D eigenvalue weighted by atomic mass is 9.96. The third-order valence-electron chi connectivity index (χ3n) is 6.18. The third-order valence-corrected chi connectivity index (χ3v) is 6.48. The quantitative estimate of drug-likeness (QED) is 0.668. The summed E-state index contributed by atoms with van der Waals surface area (Å²) in [5.74, 6) is 11.1. The highest BCUT2D eigenvalue weighted by Gasteiger charge is 2.67. The van der Waals surface area contributed by atoms with Crippen LogP contribution in [0.5, 0.6) is 0 Å². The molecular formula is C17H19ClN2O. The Balaban J connectivity index is 1.51. The highest BCUT2D eigenvalue weighted by Crippen LogP contribution is 2.72. The number of hydrogen-bond acceptors (Lipinski definition) is 3. The number of benzene rings is 1. The van der Waals surface area contributed by atoms with Gasteiger partial charge in [-0.2, -0.15) is 0 Å². The summed E-state index contributed by atoms with van der Waals surface area (Å²) in [6, 6.07) is 8.10. The van der Waals surface area contributed by atoms with Gasteiger partial charge in [0, 0.05) is 5.39 Å². The molecular weight excluding hydrogens is 284 g/mol. The van der Waals surface area contributed by atoms with Crippen molar-refractivity contribution in [1.29, 1.82) is 0 Å². The van der Waals surface area contributed by atoms with E-state index in [4.69, 9.17) is 21.9 Å². The van der Waals surface area contributed by atoms with Crippen LogP contribution in [0, 0.1) is 29.6 Å². The van der Waals surface area contributed by atoms with Crippen molar-refractivity contribution >= 4 is 22.6 Å². The van der Waals surface area contributed by atoms with E-state index in [1.165, 1.54) is 19.3 Å². The van der Waals surface area contributed by atoms with Crippen molar-refractivity contribution in [1.82, 2.24) is 5.43 Å². The Morgan fingerprint density at radius 2 is 2.00 bits per heavy atom. The number of nitrogens with one attached hydrogen (secondary N) is 1. The highest BCUT2D eigenvalue weighted by molar-refractivity contribution is 6.34. The highest BCUT2D eigenvalue weighted by atomic mass is 35.5. The minimum Gasteiger partial charge on any atom is -0.458 e. The van der Waals surface area contributed by atoms with Gasteiger partial charge in [0.25, 0.3) is 0 Å². The second kappa shape index (κ2) is 4.25. The van der Waals surface area contributed by atoms with Crippen LogP contribution in [-0.2, 0) is 0 Å². The molecule has 4 heteroatoms. The Kier molecular flexibility index (Phi) is 2.53. The smallest absolute Gasteiger partial charge is 0.152 e. The van der Waals surface area contributed by atoms with E-state index in [1.807, 2.05) is 18.2 Å². The van der Waals surface area contributed by atoms with E-state index in [0.717, 1.165) is 40.4 Å². The van der Waals surface area contributed by atoms with E-state index in [-0.39, 0.29) is 6.04 Å². The van der Waals surface area contributed by atoms with Gasteiger partial charge in [-0.3, -0.25) is 5.84 Å². The SMILES string of the molecule is NNC(c1cc2cccc(Cl)c2o1)C1C2C3CCC(C3)C21. The lowest BCUT2D eigenvalue weighted by Crippen LogP contribution is -2.31. The molecule has 5 rings (SSSR count). The van der Waals surface area contributed by atoms with Crippen LogP contribution in [0.15, 0.2) is 28.7 Å². The summed E-state index contributed by atoms with van der Waals surface area (Å²) in [7, 11) is 0. The topological polar surface area (TPSA) is 51.2 Å². The van der Waals surface area contributed by atoms with Crippen molar-refractivity contribution in [3.05, 3.63) is 35.0 Å². The van der Waals surface area contributed by atoms with E-state index >= 15 is 0 Å². The summed E-state index contributed by atoms with van der Waals surface area (Å²) in [5.41, 5.74) is 3.80. The van der Waals surface area contributed by atoms with E-state index in [0.29, 0.717) is 10.9 Å². The molecule has 5 atom stereocenters. The summed E-state index contributed by atoms with van der Waals surface area (Å²) in [6.45, 7) is 0.